The number of halogens is 2. The summed E-state index contributed by atoms with van der Waals surface area (Å²) in [7, 11) is 0. The largest absolute Gasteiger partial charge is 0.338 e. The Morgan fingerprint density at radius 1 is 1.46 bits per heavy atom. The fraction of sp³-hybridized carbons (Fsp3) is 0.412. The molecule has 1 aromatic carbocycles. The molecular formula is C17H22ClFN4O. The van der Waals surface area contributed by atoms with Crippen molar-refractivity contribution in [1.29, 1.82) is 0 Å². The molecule has 0 atom stereocenters. The van der Waals surface area contributed by atoms with Gasteiger partial charge in [0.15, 0.2) is 0 Å². The number of urea groups is 1. The maximum Gasteiger partial charge on any atom is 0.318 e. The predicted octanol–water partition coefficient (Wildman–Crippen LogP) is 3.66. The number of amides is 2. The fourth-order valence-corrected chi connectivity index (χ4v) is 2.61. The molecule has 2 rings (SSSR count). The molecule has 0 spiro atoms. The molecule has 7 heteroatoms. The average Bonchev–Trinajstić information content (AvgIpc) is 2.95. The van der Waals surface area contributed by atoms with Gasteiger partial charge in [0.2, 0.25) is 0 Å². The van der Waals surface area contributed by atoms with Crippen LogP contribution in [0.1, 0.15) is 32.2 Å². The van der Waals surface area contributed by atoms with E-state index < -0.39 is 0 Å². The number of nitrogens with zero attached hydrogens (tertiary/aromatic N) is 3. The van der Waals surface area contributed by atoms with Crippen LogP contribution >= 0.6 is 11.6 Å². The molecule has 130 valence electrons. The first-order valence-electron chi connectivity index (χ1n) is 7.91. The summed E-state index contributed by atoms with van der Waals surface area (Å²) in [6.07, 6.45) is 3.40. The maximum atomic E-state index is 14.0. The molecule has 0 fully saturated rings. The zero-order valence-corrected chi connectivity index (χ0v) is 14.8. The summed E-state index contributed by atoms with van der Waals surface area (Å²) in [4.78, 5) is 18.2. The molecule has 0 unspecified atom stereocenters. The van der Waals surface area contributed by atoms with Crippen molar-refractivity contribution < 1.29 is 9.18 Å². The first kappa shape index (κ1) is 18.3. The lowest BCUT2D eigenvalue weighted by Gasteiger charge is -2.26. The number of benzene rings is 1. The van der Waals surface area contributed by atoms with Crippen molar-refractivity contribution in [3.8, 4) is 0 Å². The number of hydrogen-bond donors (Lipinski definition) is 1. The van der Waals surface area contributed by atoms with Gasteiger partial charge in [-0.25, -0.2) is 14.2 Å². The topological polar surface area (TPSA) is 50.2 Å². The SMILES string of the molecule is CCNC(=O)N(Cc1nccn1Cc1c(F)cccc1Cl)C(C)C. The van der Waals surface area contributed by atoms with Crippen molar-refractivity contribution in [3.63, 3.8) is 0 Å². The summed E-state index contributed by atoms with van der Waals surface area (Å²) in [5.74, 6) is 0.320. The lowest BCUT2D eigenvalue weighted by Crippen LogP contribution is -2.43. The van der Waals surface area contributed by atoms with E-state index in [1.54, 1.807) is 34.0 Å². The van der Waals surface area contributed by atoms with Gasteiger partial charge in [0.05, 0.1) is 13.1 Å². The Balaban J connectivity index is 2.22. The maximum absolute atomic E-state index is 14.0. The molecule has 1 N–H and O–H groups in total. The molecule has 0 aliphatic heterocycles. The third-order valence-electron chi connectivity index (χ3n) is 3.72. The highest BCUT2D eigenvalue weighted by Gasteiger charge is 2.19. The van der Waals surface area contributed by atoms with Crippen LogP contribution in [0, 0.1) is 5.82 Å². The van der Waals surface area contributed by atoms with Crippen LogP contribution in [0.25, 0.3) is 0 Å². The summed E-state index contributed by atoms with van der Waals surface area (Å²) >= 11 is 6.10. The molecule has 0 bridgehead atoms. The Labute approximate surface area is 146 Å². The van der Waals surface area contributed by atoms with E-state index in [-0.39, 0.29) is 24.4 Å². The standard InChI is InChI=1S/C17H22ClFN4O/c1-4-20-17(24)23(12(2)3)11-16-21-8-9-22(16)10-13-14(18)6-5-7-15(13)19/h5-9,12H,4,10-11H2,1-3H3,(H,20,24). The Bertz CT molecular complexity index is 681. The van der Waals surface area contributed by atoms with Crippen molar-refractivity contribution in [2.75, 3.05) is 6.54 Å². The average molecular weight is 353 g/mol. The first-order chi connectivity index (χ1) is 11.4. The predicted molar refractivity (Wildman–Crippen MR) is 92.5 cm³/mol. The van der Waals surface area contributed by atoms with Crippen LogP contribution in [0.2, 0.25) is 5.02 Å². The van der Waals surface area contributed by atoms with Crippen LogP contribution in [0.3, 0.4) is 0 Å². The highest BCUT2D eigenvalue weighted by atomic mass is 35.5. The molecule has 5 nitrogen and oxygen atoms in total. The normalized spacial score (nSPS) is 10.9. The van der Waals surface area contributed by atoms with Gasteiger partial charge in [0, 0.05) is 35.6 Å². The molecule has 0 saturated heterocycles. The number of aromatic nitrogens is 2. The molecule has 0 radical (unpaired) electrons. The molecule has 2 amide bonds. The van der Waals surface area contributed by atoms with Gasteiger partial charge < -0.3 is 14.8 Å². The number of carbonyl (C=O) groups excluding carboxylic acids is 1. The van der Waals surface area contributed by atoms with Gasteiger partial charge >= 0.3 is 6.03 Å². The van der Waals surface area contributed by atoms with Crippen LogP contribution in [0.15, 0.2) is 30.6 Å². The number of rotatable bonds is 6. The van der Waals surface area contributed by atoms with E-state index in [1.165, 1.54) is 6.07 Å². The zero-order valence-electron chi connectivity index (χ0n) is 14.1. The third kappa shape index (κ3) is 4.26. The minimum absolute atomic E-state index is 0.0127. The van der Waals surface area contributed by atoms with E-state index in [0.717, 1.165) is 0 Å². The van der Waals surface area contributed by atoms with Gasteiger partial charge in [-0.2, -0.15) is 0 Å². The summed E-state index contributed by atoms with van der Waals surface area (Å²) in [6, 6.07) is 4.48. The zero-order chi connectivity index (χ0) is 17.7. The van der Waals surface area contributed by atoms with Crippen molar-refractivity contribution in [3.05, 3.63) is 52.8 Å². The quantitative estimate of drug-likeness (QED) is 0.862. The van der Waals surface area contributed by atoms with Crippen LogP contribution in [0.5, 0.6) is 0 Å². The van der Waals surface area contributed by atoms with E-state index in [9.17, 15) is 9.18 Å². The van der Waals surface area contributed by atoms with Gasteiger partial charge in [0.25, 0.3) is 0 Å². The van der Waals surface area contributed by atoms with E-state index in [4.69, 9.17) is 11.6 Å². The van der Waals surface area contributed by atoms with Crippen molar-refractivity contribution >= 4 is 17.6 Å². The van der Waals surface area contributed by atoms with Gasteiger partial charge in [-0.15, -0.1) is 0 Å². The number of imidazole rings is 1. The highest BCUT2D eigenvalue weighted by Crippen LogP contribution is 2.21. The Morgan fingerprint density at radius 2 is 2.21 bits per heavy atom. The van der Waals surface area contributed by atoms with Crippen molar-refractivity contribution in [2.45, 2.75) is 39.9 Å². The Kier molecular flexibility index (Phi) is 6.20. The monoisotopic (exact) mass is 352 g/mol. The van der Waals surface area contributed by atoms with Crippen LogP contribution < -0.4 is 5.32 Å². The highest BCUT2D eigenvalue weighted by molar-refractivity contribution is 6.31. The second kappa shape index (κ2) is 8.15. The van der Waals surface area contributed by atoms with E-state index in [2.05, 4.69) is 10.3 Å². The first-order valence-corrected chi connectivity index (χ1v) is 8.29. The van der Waals surface area contributed by atoms with Gasteiger partial charge in [-0.1, -0.05) is 17.7 Å². The summed E-state index contributed by atoms with van der Waals surface area (Å²) in [5.41, 5.74) is 0.410. The summed E-state index contributed by atoms with van der Waals surface area (Å²) in [6.45, 7) is 6.91. The number of hydrogen-bond acceptors (Lipinski definition) is 2. The minimum Gasteiger partial charge on any atom is -0.338 e. The Hall–Kier alpha value is -2.08. The molecule has 2 aromatic rings. The van der Waals surface area contributed by atoms with Crippen molar-refractivity contribution in [2.24, 2.45) is 0 Å². The third-order valence-corrected chi connectivity index (χ3v) is 4.07. The van der Waals surface area contributed by atoms with Gasteiger partial charge in [-0.05, 0) is 32.9 Å². The smallest absolute Gasteiger partial charge is 0.318 e. The fourth-order valence-electron chi connectivity index (χ4n) is 2.38. The van der Waals surface area contributed by atoms with Crippen molar-refractivity contribution in [1.82, 2.24) is 19.8 Å². The van der Waals surface area contributed by atoms with Crippen LogP contribution in [0.4, 0.5) is 9.18 Å². The summed E-state index contributed by atoms with van der Waals surface area (Å²) in [5, 5.41) is 3.17. The molecule has 1 heterocycles. The lowest BCUT2D eigenvalue weighted by molar-refractivity contribution is 0.177. The number of carbonyl (C=O) groups is 1. The minimum atomic E-state index is -0.355. The summed E-state index contributed by atoms with van der Waals surface area (Å²) < 4.78 is 15.8. The molecule has 0 aliphatic rings. The Morgan fingerprint density at radius 3 is 2.83 bits per heavy atom. The molecule has 1 aromatic heterocycles. The number of nitrogens with one attached hydrogen (secondary N) is 1. The molecule has 0 saturated carbocycles. The molecule has 0 aliphatic carbocycles. The van der Waals surface area contributed by atoms with E-state index in [1.807, 2.05) is 20.8 Å². The molecule has 24 heavy (non-hydrogen) atoms. The second-order valence-electron chi connectivity index (χ2n) is 5.73. The second-order valence-corrected chi connectivity index (χ2v) is 6.14. The van der Waals surface area contributed by atoms with E-state index >= 15 is 0 Å². The lowest BCUT2D eigenvalue weighted by atomic mass is 10.2. The van der Waals surface area contributed by atoms with Gasteiger partial charge in [-0.3, -0.25) is 0 Å². The molecular weight excluding hydrogens is 331 g/mol. The van der Waals surface area contributed by atoms with Crippen LogP contribution in [-0.4, -0.2) is 33.1 Å². The van der Waals surface area contributed by atoms with Crippen LogP contribution in [-0.2, 0) is 13.1 Å². The van der Waals surface area contributed by atoms with Gasteiger partial charge in [0.1, 0.15) is 11.6 Å². The van der Waals surface area contributed by atoms with E-state index in [0.29, 0.717) is 29.5 Å².